The van der Waals surface area contributed by atoms with Crippen molar-refractivity contribution in [3.05, 3.63) is 68.2 Å². The van der Waals surface area contributed by atoms with Crippen LogP contribution in [0.15, 0.2) is 42.5 Å². The van der Waals surface area contributed by atoms with Gasteiger partial charge in [-0.25, -0.2) is 0 Å². The van der Waals surface area contributed by atoms with E-state index in [1.54, 1.807) is 24.3 Å². The van der Waals surface area contributed by atoms with Gasteiger partial charge in [0.2, 0.25) is 0 Å². The van der Waals surface area contributed by atoms with E-state index < -0.39 is 23.4 Å². The van der Waals surface area contributed by atoms with Gasteiger partial charge < -0.3 is 10.1 Å². The smallest absolute Gasteiger partial charge is 0.316 e. The Kier molecular flexibility index (Phi) is 7.90. The van der Waals surface area contributed by atoms with Crippen molar-refractivity contribution in [1.82, 2.24) is 0 Å². The predicted molar refractivity (Wildman–Crippen MR) is 105 cm³/mol. The lowest BCUT2D eigenvalue weighted by Crippen LogP contribution is -2.22. The summed E-state index contributed by atoms with van der Waals surface area (Å²) in [6.45, 7) is -0.530. The van der Waals surface area contributed by atoms with Crippen molar-refractivity contribution in [2.45, 2.75) is 5.75 Å². The molecule has 0 fully saturated rings. The van der Waals surface area contributed by atoms with Crippen LogP contribution in [0.1, 0.15) is 5.56 Å². The number of benzene rings is 2. The third-order valence-corrected chi connectivity index (χ3v) is 4.93. The summed E-state index contributed by atoms with van der Waals surface area (Å²) in [7, 11) is 0. The Morgan fingerprint density at radius 2 is 1.89 bits per heavy atom. The molecule has 0 aliphatic carbocycles. The summed E-state index contributed by atoms with van der Waals surface area (Å²) in [5, 5.41) is 14.1. The summed E-state index contributed by atoms with van der Waals surface area (Å²) in [5.41, 5.74) is 0.697. The van der Waals surface area contributed by atoms with Crippen LogP contribution in [0, 0.1) is 10.1 Å². The standard InChI is InChI=1S/C17H14Cl2N2O5S/c18-12-6-5-11(7-13(12)19)9-27-10-17(23)26-8-16(22)20-14-3-1-2-4-15(14)21(24)25/h1-7H,8-10H2,(H,20,22). The van der Waals surface area contributed by atoms with Crippen molar-refractivity contribution >= 4 is 58.2 Å². The number of nitrogens with one attached hydrogen (secondary N) is 1. The number of nitro groups is 1. The second kappa shape index (κ2) is 10.1. The first-order valence-electron chi connectivity index (χ1n) is 7.57. The SMILES string of the molecule is O=C(COC(=O)CSCc1ccc(Cl)c(Cl)c1)Nc1ccccc1[N+](=O)[O-]. The van der Waals surface area contributed by atoms with Gasteiger partial charge >= 0.3 is 5.97 Å². The number of rotatable bonds is 8. The molecule has 0 aliphatic rings. The first kappa shape index (κ1) is 21.0. The van der Waals surface area contributed by atoms with E-state index in [0.717, 1.165) is 5.56 Å². The topological polar surface area (TPSA) is 98.5 Å². The van der Waals surface area contributed by atoms with Crippen LogP contribution < -0.4 is 5.32 Å². The summed E-state index contributed by atoms with van der Waals surface area (Å²) in [5.74, 6) is -0.669. The molecule has 0 bridgehead atoms. The number of esters is 1. The number of hydrogen-bond donors (Lipinski definition) is 1. The molecular weight excluding hydrogens is 415 g/mol. The molecular formula is C17H14Cl2N2O5S. The van der Waals surface area contributed by atoms with Crippen molar-refractivity contribution in [2.24, 2.45) is 0 Å². The van der Waals surface area contributed by atoms with E-state index in [9.17, 15) is 19.7 Å². The number of nitrogens with zero attached hydrogens (tertiary/aromatic N) is 1. The molecule has 7 nitrogen and oxygen atoms in total. The van der Waals surface area contributed by atoms with Crippen LogP contribution in [0.2, 0.25) is 10.0 Å². The van der Waals surface area contributed by atoms with E-state index in [0.29, 0.717) is 15.8 Å². The molecule has 142 valence electrons. The Balaban J connectivity index is 1.74. The van der Waals surface area contributed by atoms with Crippen molar-refractivity contribution in [2.75, 3.05) is 17.7 Å². The molecule has 0 aliphatic heterocycles. The number of carbonyl (C=O) groups excluding carboxylic acids is 2. The molecule has 0 saturated heterocycles. The van der Waals surface area contributed by atoms with Gasteiger partial charge in [0.25, 0.3) is 11.6 Å². The second-order valence-electron chi connectivity index (χ2n) is 5.22. The molecule has 0 heterocycles. The fourth-order valence-corrected chi connectivity index (χ4v) is 3.08. The van der Waals surface area contributed by atoms with E-state index in [1.807, 2.05) is 0 Å². The minimum absolute atomic E-state index is 0.0394. The van der Waals surface area contributed by atoms with E-state index in [1.165, 1.54) is 30.0 Å². The molecule has 0 aromatic heterocycles. The number of nitro benzene ring substituents is 1. The number of halogens is 2. The largest absolute Gasteiger partial charge is 0.455 e. The van der Waals surface area contributed by atoms with Crippen LogP contribution in [0.3, 0.4) is 0 Å². The summed E-state index contributed by atoms with van der Waals surface area (Å²) in [4.78, 5) is 33.8. The molecule has 0 unspecified atom stereocenters. The number of carbonyl (C=O) groups is 2. The van der Waals surface area contributed by atoms with Crippen LogP contribution in [0.5, 0.6) is 0 Å². The van der Waals surface area contributed by atoms with Crippen LogP contribution in [0.25, 0.3) is 0 Å². The van der Waals surface area contributed by atoms with E-state index in [2.05, 4.69) is 5.32 Å². The lowest BCUT2D eigenvalue weighted by molar-refractivity contribution is -0.383. The number of para-hydroxylation sites is 2. The molecule has 1 amide bonds. The maximum atomic E-state index is 11.8. The molecule has 27 heavy (non-hydrogen) atoms. The van der Waals surface area contributed by atoms with Gasteiger partial charge in [0.15, 0.2) is 6.61 Å². The van der Waals surface area contributed by atoms with Crippen molar-refractivity contribution < 1.29 is 19.2 Å². The van der Waals surface area contributed by atoms with Gasteiger partial charge in [-0.05, 0) is 23.8 Å². The average Bonchev–Trinajstić information content (AvgIpc) is 2.63. The molecule has 2 aromatic rings. The molecule has 1 N–H and O–H groups in total. The zero-order chi connectivity index (χ0) is 19.8. The van der Waals surface area contributed by atoms with E-state index in [-0.39, 0.29) is 17.1 Å². The Morgan fingerprint density at radius 3 is 2.59 bits per heavy atom. The number of ether oxygens (including phenoxy) is 1. The van der Waals surface area contributed by atoms with Gasteiger partial charge in [0.05, 0.1) is 20.7 Å². The highest BCUT2D eigenvalue weighted by molar-refractivity contribution is 7.99. The zero-order valence-electron chi connectivity index (χ0n) is 13.8. The molecule has 0 saturated carbocycles. The van der Waals surface area contributed by atoms with Crippen molar-refractivity contribution in [3.8, 4) is 0 Å². The number of hydrogen-bond acceptors (Lipinski definition) is 6. The summed E-state index contributed by atoms with van der Waals surface area (Å²) < 4.78 is 4.87. The van der Waals surface area contributed by atoms with Gasteiger partial charge in [-0.1, -0.05) is 41.4 Å². The van der Waals surface area contributed by atoms with Gasteiger partial charge in [-0.3, -0.25) is 19.7 Å². The Hall–Kier alpha value is -2.29. The molecule has 10 heteroatoms. The van der Waals surface area contributed by atoms with Crippen molar-refractivity contribution in [3.63, 3.8) is 0 Å². The minimum Gasteiger partial charge on any atom is -0.455 e. The predicted octanol–water partition coefficient (Wildman–Crippen LogP) is 4.32. The van der Waals surface area contributed by atoms with Gasteiger partial charge in [-0.2, -0.15) is 0 Å². The number of anilines is 1. The Bertz CT molecular complexity index is 863. The van der Waals surface area contributed by atoms with Crippen LogP contribution in [-0.2, 0) is 20.1 Å². The number of amides is 1. The highest BCUT2D eigenvalue weighted by Gasteiger charge is 2.15. The van der Waals surface area contributed by atoms with Crippen LogP contribution in [0.4, 0.5) is 11.4 Å². The molecule has 0 radical (unpaired) electrons. The Labute approximate surface area is 169 Å². The highest BCUT2D eigenvalue weighted by Crippen LogP contribution is 2.25. The second-order valence-corrected chi connectivity index (χ2v) is 7.02. The summed E-state index contributed by atoms with van der Waals surface area (Å²) in [6.07, 6.45) is 0. The first-order valence-corrected chi connectivity index (χ1v) is 9.48. The lowest BCUT2D eigenvalue weighted by atomic mass is 10.2. The van der Waals surface area contributed by atoms with E-state index >= 15 is 0 Å². The zero-order valence-corrected chi connectivity index (χ0v) is 16.1. The van der Waals surface area contributed by atoms with Crippen LogP contribution >= 0.6 is 35.0 Å². The first-order chi connectivity index (χ1) is 12.9. The fourth-order valence-electron chi connectivity index (χ4n) is 1.99. The quantitative estimate of drug-likeness (QED) is 0.381. The number of thioether (sulfide) groups is 1. The van der Waals surface area contributed by atoms with Crippen molar-refractivity contribution in [1.29, 1.82) is 0 Å². The fraction of sp³-hybridized carbons (Fsp3) is 0.176. The molecule has 0 spiro atoms. The molecule has 0 atom stereocenters. The lowest BCUT2D eigenvalue weighted by Gasteiger charge is -2.07. The normalized spacial score (nSPS) is 10.3. The minimum atomic E-state index is -0.660. The molecule has 2 aromatic carbocycles. The summed E-state index contributed by atoms with van der Waals surface area (Å²) in [6, 6.07) is 10.9. The average molecular weight is 429 g/mol. The van der Waals surface area contributed by atoms with Crippen LogP contribution in [-0.4, -0.2) is 29.2 Å². The van der Waals surface area contributed by atoms with Gasteiger partial charge in [-0.15, -0.1) is 11.8 Å². The van der Waals surface area contributed by atoms with E-state index in [4.69, 9.17) is 27.9 Å². The Morgan fingerprint density at radius 1 is 1.15 bits per heavy atom. The maximum Gasteiger partial charge on any atom is 0.316 e. The molecule has 2 rings (SSSR count). The maximum absolute atomic E-state index is 11.8. The monoisotopic (exact) mass is 428 g/mol. The third kappa shape index (κ3) is 6.74. The van der Waals surface area contributed by atoms with Gasteiger partial charge in [0.1, 0.15) is 5.69 Å². The van der Waals surface area contributed by atoms with Gasteiger partial charge in [0, 0.05) is 11.8 Å². The third-order valence-electron chi connectivity index (χ3n) is 3.21. The highest BCUT2D eigenvalue weighted by atomic mass is 35.5. The summed E-state index contributed by atoms with van der Waals surface area (Å²) >= 11 is 13.0.